The van der Waals surface area contributed by atoms with Crippen molar-refractivity contribution in [1.29, 1.82) is 0 Å². The van der Waals surface area contributed by atoms with Gasteiger partial charge in [0.25, 0.3) is 11.1 Å². The lowest BCUT2D eigenvalue weighted by Gasteiger charge is -2.29. The van der Waals surface area contributed by atoms with Gasteiger partial charge in [-0.05, 0) is 68.3 Å². The van der Waals surface area contributed by atoms with Gasteiger partial charge in [-0.25, -0.2) is 0 Å². The van der Waals surface area contributed by atoms with Gasteiger partial charge in [-0.1, -0.05) is 17.7 Å². The molecule has 2 aliphatic rings. The monoisotopic (exact) mass is 465 g/mol. The van der Waals surface area contributed by atoms with Gasteiger partial charge in [0.2, 0.25) is 5.91 Å². The molecule has 0 saturated carbocycles. The summed E-state index contributed by atoms with van der Waals surface area (Å²) < 4.78 is 5.56. The molecule has 0 radical (unpaired) electrons. The zero-order chi connectivity index (χ0) is 23.4. The summed E-state index contributed by atoms with van der Waals surface area (Å²) in [6.07, 6.45) is 5.26. The van der Waals surface area contributed by atoms with E-state index >= 15 is 0 Å². The number of methoxy groups -OCH3 is 1. The lowest BCUT2D eigenvalue weighted by atomic mass is 10.1. The standard InChI is InChI=1S/C25H27N3O4S/c1-17-6-9-19(10-7-17)26-23(29)16-28-24(30)22(33-25(28)31)14-18-8-11-20(15-21(18)32-2)27-12-4-3-5-13-27/h6-11,14-15H,3-5,12-13,16H2,1-2H3,(H,26,29)/b22-14-. The Labute approximate surface area is 197 Å². The van der Waals surface area contributed by atoms with Gasteiger partial charge in [-0.15, -0.1) is 0 Å². The Morgan fingerprint density at radius 1 is 1.09 bits per heavy atom. The summed E-state index contributed by atoms with van der Waals surface area (Å²) in [5.74, 6) is -0.265. The van der Waals surface area contributed by atoms with Crippen LogP contribution in [0.15, 0.2) is 47.4 Å². The second-order valence-corrected chi connectivity index (χ2v) is 9.15. The number of anilines is 2. The second-order valence-electron chi connectivity index (χ2n) is 8.16. The first-order chi connectivity index (χ1) is 15.9. The van der Waals surface area contributed by atoms with Crippen LogP contribution in [0, 0.1) is 6.92 Å². The van der Waals surface area contributed by atoms with Crippen LogP contribution in [0.5, 0.6) is 5.75 Å². The maximum Gasteiger partial charge on any atom is 0.294 e. The van der Waals surface area contributed by atoms with Crippen molar-refractivity contribution < 1.29 is 19.1 Å². The van der Waals surface area contributed by atoms with E-state index in [1.165, 1.54) is 19.3 Å². The minimum Gasteiger partial charge on any atom is -0.496 e. The highest BCUT2D eigenvalue weighted by Gasteiger charge is 2.36. The van der Waals surface area contributed by atoms with Crippen molar-refractivity contribution in [2.24, 2.45) is 0 Å². The average molecular weight is 466 g/mol. The summed E-state index contributed by atoms with van der Waals surface area (Å²) in [7, 11) is 1.59. The number of hydrogen-bond donors (Lipinski definition) is 1. The van der Waals surface area contributed by atoms with Gasteiger partial charge in [0.05, 0.1) is 12.0 Å². The molecule has 2 saturated heterocycles. The Bertz CT molecular complexity index is 1090. The number of ether oxygens (including phenoxy) is 1. The highest BCUT2D eigenvalue weighted by Crippen LogP contribution is 2.35. The summed E-state index contributed by atoms with van der Waals surface area (Å²) in [5.41, 5.74) is 3.49. The van der Waals surface area contributed by atoms with Crippen LogP contribution in [0.4, 0.5) is 16.2 Å². The van der Waals surface area contributed by atoms with E-state index in [-0.39, 0.29) is 11.4 Å². The van der Waals surface area contributed by atoms with Crippen molar-refractivity contribution in [3.63, 3.8) is 0 Å². The predicted octanol–water partition coefficient (Wildman–Crippen LogP) is 4.67. The lowest BCUT2D eigenvalue weighted by Crippen LogP contribution is -2.36. The zero-order valence-electron chi connectivity index (χ0n) is 18.8. The first-order valence-electron chi connectivity index (χ1n) is 11.0. The second kappa shape index (κ2) is 10.1. The number of amides is 3. The van der Waals surface area contributed by atoms with Crippen LogP contribution in [0.3, 0.4) is 0 Å². The maximum absolute atomic E-state index is 12.9. The van der Waals surface area contributed by atoms with Crippen LogP contribution in [0.1, 0.15) is 30.4 Å². The molecule has 2 aromatic rings. The zero-order valence-corrected chi connectivity index (χ0v) is 19.6. The minimum atomic E-state index is -0.480. The van der Waals surface area contributed by atoms with Crippen LogP contribution >= 0.6 is 11.8 Å². The number of rotatable bonds is 6. The van der Waals surface area contributed by atoms with Crippen LogP contribution in [0.2, 0.25) is 0 Å². The van der Waals surface area contributed by atoms with Gasteiger partial charge in [0, 0.05) is 36.1 Å². The van der Waals surface area contributed by atoms with E-state index in [1.807, 2.05) is 37.3 Å². The van der Waals surface area contributed by atoms with E-state index in [2.05, 4.69) is 10.2 Å². The largest absolute Gasteiger partial charge is 0.496 e. The van der Waals surface area contributed by atoms with Gasteiger partial charge in [-0.2, -0.15) is 0 Å². The SMILES string of the molecule is COc1cc(N2CCCCC2)ccc1/C=C1\SC(=O)N(CC(=O)Nc2ccc(C)cc2)C1=O. The number of benzene rings is 2. The van der Waals surface area contributed by atoms with Crippen LogP contribution in [-0.4, -0.2) is 48.7 Å². The molecule has 2 fully saturated rings. The van der Waals surface area contributed by atoms with Crippen molar-refractivity contribution >= 4 is 46.3 Å². The molecule has 4 rings (SSSR count). The molecular weight excluding hydrogens is 438 g/mol. The highest BCUT2D eigenvalue weighted by molar-refractivity contribution is 8.18. The third-order valence-electron chi connectivity index (χ3n) is 5.74. The summed E-state index contributed by atoms with van der Waals surface area (Å²) in [6, 6.07) is 13.2. The Morgan fingerprint density at radius 3 is 2.52 bits per heavy atom. The predicted molar refractivity (Wildman–Crippen MR) is 132 cm³/mol. The molecular formula is C25H27N3O4S. The molecule has 172 valence electrons. The van der Waals surface area contributed by atoms with Crippen LogP contribution in [-0.2, 0) is 9.59 Å². The average Bonchev–Trinajstić information content (AvgIpc) is 3.08. The van der Waals surface area contributed by atoms with Crippen molar-refractivity contribution in [1.82, 2.24) is 4.90 Å². The Hall–Kier alpha value is -3.26. The number of nitrogens with zero attached hydrogens (tertiary/aromatic N) is 2. The molecule has 2 aliphatic heterocycles. The number of nitrogens with one attached hydrogen (secondary N) is 1. The maximum atomic E-state index is 12.9. The molecule has 1 N–H and O–H groups in total. The molecule has 0 bridgehead atoms. The number of carbonyl (C=O) groups is 3. The normalized spacial score (nSPS) is 17.6. The quantitative estimate of drug-likeness (QED) is 0.625. The Morgan fingerprint density at radius 2 is 1.82 bits per heavy atom. The van der Waals surface area contributed by atoms with Crippen LogP contribution < -0.4 is 15.0 Å². The van der Waals surface area contributed by atoms with Gasteiger partial charge in [0.15, 0.2) is 0 Å². The van der Waals surface area contributed by atoms with Gasteiger partial charge < -0.3 is 15.0 Å². The molecule has 8 heteroatoms. The van der Waals surface area contributed by atoms with Crippen LogP contribution in [0.25, 0.3) is 6.08 Å². The van der Waals surface area contributed by atoms with Crippen molar-refractivity contribution in [3.8, 4) is 5.75 Å². The van der Waals surface area contributed by atoms with E-state index < -0.39 is 17.1 Å². The number of aryl methyl sites for hydroxylation is 1. The molecule has 7 nitrogen and oxygen atoms in total. The smallest absolute Gasteiger partial charge is 0.294 e. The molecule has 0 spiro atoms. The molecule has 0 unspecified atom stereocenters. The molecule has 0 aromatic heterocycles. The van der Waals surface area contributed by atoms with Crippen molar-refractivity contribution in [2.45, 2.75) is 26.2 Å². The number of carbonyl (C=O) groups excluding carboxylic acids is 3. The van der Waals surface area contributed by atoms with E-state index in [4.69, 9.17) is 4.74 Å². The fourth-order valence-electron chi connectivity index (χ4n) is 3.93. The fourth-order valence-corrected chi connectivity index (χ4v) is 4.76. The Balaban J connectivity index is 1.46. The summed E-state index contributed by atoms with van der Waals surface area (Å²) in [4.78, 5) is 41.3. The lowest BCUT2D eigenvalue weighted by molar-refractivity contribution is -0.127. The molecule has 3 amide bonds. The third-order valence-corrected chi connectivity index (χ3v) is 6.64. The van der Waals surface area contributed by atoms with Gasteiger partial charge >= 0.3 is 0 Å². The number of piperidine rings is 1. The van der Waals surface area contributed by atoms with E-state index in [0.717, 1.165) is 41.0 Å². The molecule has 0 atom stereocenters. The minimum absolute atomic E-state index is 0.271. The topological polar surface area (TPSA) is 79.0 Å². The third kappa shape index (κ3) is 5.39. The number of hydrogen-bond acceptors (Lipinski definition) is 6. The molecule has 33 heavy (non-hydrogen) atoms. The molecule has 2 aromatic carbocycles. The van der Waals surface area contributed by atoms with Crippen molar-refractivity contribution in [2.75, 3.05) is 37.0 Å². The number of thioether (sulfide) groups is 1. The van der Waals surface area contributed by atoms with E-state index in [0.29, 0.717) is 17.0 Å². The molecule has 2 heterocycles. The van der Waals surface area contributed by atoms with Gasteiger partial charge in [-0.3, -0.25) is 19.3 Å². The first kappa shape index (κ1) is 22.9. The number of imide groups is 1. The molecule has 0 aliphatic carbocycles. The van der Waals surface area contributed by atoms with E-state index in [1.54, 1.807) is 25.3 Å². The highest BCUT2D eigenvalue weighted by atomic mass is 32.2. The summed E-state index contributed by atoms with van der Waals surface area (Å²) in [5, 5.41) is 2.26. The van der Waals surface area contributed by atoms with Gasteiger partial charge in [0.1, 0.15) is 12.3 Å². The van der Waals surface area contributed by atoms with E-state index in [9.17, 15) is 14.4 Å². The first-order valence-corrected chi connectivity index (χ1v) is 11.8. The fraction of sp³-hybridized carbons (Fsp3) is 0.320. The summed E-state index contributed by atoms with van der Waals surface area (Å²) >= 11 is 0.831. The van der Waals surface area contributed by atoms with Crippen molar-refractivity contribution in [3.05, 3.63) is 58.5 Å². The Kier molecular flexibility index (Phi) is 7.03. The summed E-state index contributed by atoms with van der Waals surface area (Å²) in [6.45, 7) is 3.66.